The smallest absolute Gasteiger partial charge is 0.328 e. The number of ether oxygens (including phenoxy) is 1. The van der Waals surface area contributed by atoms with Crippen molar-refractivity contribution in [3.63, 3.8) is 0 Å². The summed E-state index contributed by atoms with van der Waals surface area (Å²) >= 11 is 6.01. The number of halogens is 2. The first-order chi connectivity index (χ1) is 14.2. The zero-order valence-corrected chi connectivity index (χ0v) is 17.3. The minimum Gasteiger partial charge on any atom is -0.492 e. The zero-order chi connectivity index (χ0) is 21.9. The molecule has 3 aromatic carbocycles. The maximum atomic E-state index is 14.6. The molecule has 0 saturated heterocycles. The van der Waals surface area contributed by atoms with E-state index in [4.69, 9.17) is 16.3 Å². The van der Waals surface area contributed by atoms with Crippen molar-refractivity contribution in [3.05, 3.63) is 76.6 Å². The Balaban J connectivity index is 1.95. The number of carbonyl (C=O) groups is 2. The van der Waals surface area contributed by atoms with Crippen LogP contribution in [0.4, 0.5) is 4.39 Å². The van der Waals surface area contributed by atoms with Crippen LogP contribution in [0.25, 0.3) is 10.8 Å². The minimum absolute atomic E-state index is 0.0633. The lowest BCUT2D eigenvalue weighted by atomic mass is 10.0. The van der Waals surface area contributed by atoms with Crippen molar-refractivity contribution in [1.29, 1.82) is 0 Å². The van der Waals surface area contributed by atoms with Crippen LogP contribution in [0.2, 0.25) is 5.02 Å². The lowest BCUT2D eigenvalue weighted by Gasteiger charge is -2.22. The van der Waals surface area contributed by atoms with E-state index in [9.17, 15) is 19.1 Å². The second-order valence-electron chi connectivity index (χ2n) is 7.39. The molecule has 0 aliphatic heterocycles. The first-order valence-corrected chi connectivity index (χ1v) is 9.71. The molecule has 0 saturated carbocycles. The average molecular weight is 430 g/mol. The monoisotopic (exact) mass is 429 g/mol. The van der Waals surface area contributed by atoms with Gasteiger partial charge in [0, 0.05) is 22.2 Å². The summed E-state index contributed by atoms with van der Waals surface area (Å²) in [4.78, 5) is 24.2. The second-order valence-corrected chi connectivity index (χ2v) is 7.83. The third kappa shape index (κ3) is 4.71. The first-order valence-electron chi connectivity index (χ1n) is 9.33. The Kier molecular flexibility index (Phi) is 6.27. The molecule has 0 radical (unpaired) electrons. The van der Waals surface area contributed by atoms with Crippen LogP contribution in [-0.4, -0.2) is 29.1 Å². The van der Waals surface area contributed by atoms with Crippen LogP contribution in [0.5, 0.6) is 5.75 Å². The van der Waals surface area contributed by atoms with Gasteiger partial charge in [-0.05, 0) is 37.6 Å². The zero-order valence-electron chi connectivity index (χ0n) is 16.5. The molecule has 0 aliphatic rings. The van der Waals surface area contributed by atoms with Gasteiger partial charge in [0.2, 0.25) is 0 Å². The number of hydrogen-bond donors (Lipinski definition) is 2. The van der Waals surface area contributed by atoms with E-state index in [1.165, 1.54) is 13.8 Å². The van der Waals surface area contributed by atoms with Crippen LogP contribution in [0, 0.1) is 5.82 Å². The SMILES string of the molecule is CC(C)(NC(=O)c1cc(F)c2ccccc2c1OCCc1cccc(Cl)c1)C(=O)O. The number of nitrogens with one attached hydrogen (secondary N) is 1. The molecular weight excluding hydrogens is 409 g/mol. The summed E-state index contributed by atoms with van der Waals surface area (Å²) < 4.78 is 20.6. The van der Waals surface area contributed by atoms with Crippen molar-refractivity contribution in [3.8, 4) is 5.75 Å². The fourth-order valence-electron chi connectivity index (χ4n) is 3.00. The molecule has 0 aliphatic carbocycles. The third-order valence-electron chi connectivity index (χ3n) is 4.68. The van der Waals surface area contributed by atoms with Gasteiger partial charge in [-0.25, -0.2) is 9.18 Å². The fraction of sp³-hybridized carbons (Fsp3) is 0.217. The molecule has 0 atom stereocenters. The topological polar surface area (TPSA) is 75.6 Å². The molecule has 156 valence electrons. The van der Waals surface area contributed by atoms with Gasteiger partial charge >= 0.3 is 5.97 Å². The Hall–Kier alpha value is -3.12. The number of carboxylic acids is 1. The summed E-state index contributed by atoms with van der Waals surface area (Å²) in [5, 5.41) is 13.1. The Morgan fingerprint density at radius 1 is 1.10 bits per heavy atom. The molecule has 30 heavy (non-hydrogen) atoms. The Morgan fingerprint density at radius 2 is 1.80 bits per heavy atom. The second kappa shape index (κ2) is 8.71. The van der Waals surface area contributed by atoms with Gasteiger partial charge < -0.3 is 15.2 Å². The number of aliphatic carboxylic acids is 1. The Labute approximate surface area is 178 Å². The molecule has 0 aromatic heterocycles. The highest BCUT2D eigenvalue weighted by Gasteiger charge is 2.31. The summed E-state index contributed by atoms with van der Waals surface area (Å²) in [7, 11) is 0. The maximum Gasteiger partial charge on any atom is 0.328 e. The molecule has 0 heterocycles. The van der Waals surface area contributed by atoms with Gasteiger partial charge in [0.15, 0.2) is 0 Å². The summed E-state index contributed by atoms with van der Waals surface area (Å²) in [6, 6.07) is 15.1. The fourth-order valence-corrected chi connectivity index (χ4v) is 3.21. The standard InChI is InChI=1S/C23H21ClFNO4/c1-23(2,22(28)29)26-21(27)18-13-19(25)16-8-3-4-9-17(16)20(18)30-11-10-14-6-5-7-15(24)12-14/h3-9,12-13H,10-11H2,1-2H3,(H,26,27)(H,28,29). The van der Waals surface area contributed by atoms with Gasteiger partial charge in [0.05, 0.1) is 12.2 Å². The summed E-state index contributed by atoms with van der Waals surface area (Å²) in [6.45, 7) is 2.92. The average Bonchev–Trinajstić information content (AvgIpc) is 2.69. The molecular formula is C23H21ClFNO4. The van der Waals surface area contributed by atoms with E-state index in [0.29, 0.717) is 22.2 Å². The van der Waals surface area contributed by atoms with E-state index in [1.807, 2.05) is 18.2 Å². The highest BCUT2D eigenvalue weighted by Crippen LogP contribution is 2.32. The maximum absolute atomic E-state index is 14.6. The molecule has 0 unspecified atom stereocenters. The number of amides is 1. The van der Waals surface area contributed by atoms with Gasteiger partial charge in [-0.2, -0.15) is 0 Å². The van der Waals surface area contributed by atoms with Crippen molar-refractivity contribution < 1.29 is 23.8 Å². The lowest BCUT2D eigenvalue weighted by molar-refractivity contribution is -0.143. The predicted octanol–water partition coefficient (Wildman–Crippen LogP) is 4.85. The number of carboxylic acid groups (broad SMARTS) is 1. The van der Waals surface area contributed by atoms with Crippen molar-refractivity contribution in [2.24, 2.45) is 0 Å². The molecule has 7 heteroatoms. The lowest BCUT2D eigenvalue weighted by Crippen LogP contribution is -2.49. The summed E-state index contributed by atoms with van der Waals surface area (Å²) in [6.07, 6.45) is 0.522. The van der Waals surface area contributed by atoms with Gasteiger partial charge in [-0.1, -0.05) is 48.0 Å². The van der Waals surface area contributed by atoms with E-state index >= 15 is 0 Å². The minimum atomic E-state index is -1.53. The van der Waals surface area contributed by atoms with E-state index in [2.05, 4.69) is 5.32 Å². The van der Waals surface area contributed by atoms with Gasteiger partial charge in [-0.3, -0.25) is 4.79 Å². The number of benzene rings is 3. The van der Waals surface area contributed by atoms with E-state index in [-0.39, 0.29) is 17.9 Å². The van der Waals surface area contributed by atoms with Gasteiger partial charge in [-0.15, -0.1) is 0 Å². The number of carbonyl (C=O) groups excluding carboxylic acids is 1. The largest absolute Gasteiger partial charge is 0.492 e. The highest BCUT2D eigenvalue weighted by molar-refractivity contribution is 6.30. The van der Waals surface area contributed by atoms with Crippen LogP contribution in [0.3, 0.4) is 0 Å². The highest BCUT2D eigenvalue weighted by atomic mass is 35.5. The molecule has 1 amide bonds. The Bertz CT molecular complexity index is 1110. The molecule has 3 rings (SSSR count). The summed E-state index contributed by atoms with van der Waals surface area (Å²) in [5.74, 6) is -2.33. The molecule has 3 aromatic rings. The third-order valence-corrected chi connectivity index (χ3v) is 4.91. The van der Waals surface area contributed by atoms with Gasteiger partial charge in [0.1, 0.15) is 17.1 Å². The molecule has 5 nitrogen and oxygen atoms in total. The number of hydrogen-bond acceptors (Lipinski definition) is 3. The van der Waals surface area contributed by atoms with E-state index in [0.717, 1.165) is 11.6 Å². The normalized spacial score (nSPS) is 11.3. The quantitative estimate of drug-likeness (QED) is 0.563. The van der Waals surface area contributed by atoms with Crippen LogP contribution < -0.4 is 10.1 Å². The van der Waals surface area contributed by atoms with Crippen LogP contribution in [0.15, 0.2) is 54.6 Å². The van der Waals surface area contributed by atoms with Crippen molar-refractivity contribution in [2.75, 3.05) is 6.61 Å². The van der Waals surface area contributed by atoms with Crippen molar-refractivity contribution in [1.82, 2.24) is 5.32 Å². The van der Waals surface area contributed by atoms with Crippen LogP contribution in [0.1, 0.15) is 29.8 Å². The van der Waals surface area contributed by atoms with Crippen molar-refractivity contribution in [2.45, 2.75) is 25.8 Å². The van der Waals surface area contributed by atoms with Crippen molar-refractivity contribution >= 4 is 34.2 Å². The van der Waals surface area contributed by atoms with E-state index in [1.54, 1.807) is 30.3 Å². The number of rotatable bonds is 7. The molecule has 2 N–H and O–H groups in total. The van der Waals surface area contributed by atoms with Crippen LogP contribution >= 0.6 is 11.6 Å². The number of fused-ring (bicyclic) bond motifs is 1. The first kappa shape index (κ1) is 21.6. The Morgan fingerprint density at radius 3 is 2.47 bits per heavy atom. The molecule has 0 spiro atoms. The molecule has 0 fully saturated rings. The molecule has 0 bridgehead atoms. The van der Waals surface area contributed by atoms with Crippen LogP contribution in [-0.2, 0) is 11.2 Å². The van der Waals surface area contributed by atoms with E-state index < -0.39 is 23.2 Å². The summed E-state index contributed by atoms with van der Waals surface area (Å²) in [5.41, 5.74) is -0.643. The predicted molar refractivity (Wildman–Crippen MR) is 114 cm³/mol. The van der Waals surface area contributed by atoms with Gasteiger partial charge in [0.25, 0.3) is 5.91 Å².